The van der Waals surface area contributed by atoms with E-state index in [1.165, 1.54) is 10.9 Å². The molecule has 0 atom stereocenters. The molecule has 0 radical (unpaired) electrons. The number of hydrogen-bond acceptors (Lipinski definition) is 2. The molecule has 24 heavy (non-hydrogen) atoms. The number of phenols is 1. The molecule has 3 nitrogen and oxygen atoms in total. The van der Waals surface area contributed by atoms with Crippen LogP contribution < -0.4 is 4.57 Å². The molecule has 0 amide bonds. The van der Waals surface area contributed by atoms with E-state index in [1.807, 2.05) is 24.3 Å². The lowest BCUT2D eigenvalue weighted by atomic mass is 10.1. The van der Waals surface area contributed by atoms with Crippen molar-refractivity contribution in [3.63, 3.8) is 0 Å². The van der Waals surface area contributed by atoms with Gasteiger partial charge in [-0.15, -0.1) is 0 Å². The van der Waals surface area contributed by atoms with E-state index in [0.29, 0.717) is 5.52 Å². The van der Waals surface area contributed by atoms with Crippen molar-refractivity contribution in [2.24, 2.45) is 7.05 Å². The topological polar surface area (TPSA) is 37.0 Å². The third-order valence-corrected chi connectivity index (χ3v) is 4.33. The van der Waals surface area contributed by atoms with Crippen molar-refractivity contribution in [3.8, 4) is 5.75 Å². The van der Waals surface area contributed by atoms with Crippen LogP contribution in [0.5, 0.6) is 5.75 Å². The third-order valence-electron chi connectivity index (χ3n) is 4.33. The number of aryl methyl sites for hydroxylation is 1. The molecule has 0 saturated heterocycles. The number of para-hydroxylation sites is 1. The van der Waals surface area contributed by atoms with Crippen LogP contribution in [0.15, 0.2) is 66.9 Å². The summed E-state index contributed by atoms with van der Waals surface area (Å²) in [5.41, 5.74) is 3.96. The molecule has 4 rings (SSSR count). The zero-order chi connectivity index (χ0) is 16.5. The molecule has 1 N–H and O–H groups in total. The minimum atomic E-state index is 0.207. The number of phenolic OH excluding ortho intramolecular Hbond substituents is 1. The molecule has 0 aliphatic carbocycles. The van der Waals surface area contributed by atoms with Crippen LogP contribution in [0.1, 0.15) is 11.3 Å². The van der Waals surface area contributed by atoms with E-state index >= 15 is 0 Å². The van der Waals surface area contributed by atoms with Crippen molar-refractivity contribution in [1.82, 2.24) is 4.98 Å². The Balaban J connectivity index is 1.82. The van der Waals surface area contributed by atoms with Crippen LogP contribution in [0.4, 0.5) is 0 Å². The number of hydrogen-bond donors (Lipinski definition) is 1. The molecule has 0 aliphatic heterocycles. The number of aromatic nitrogens is 2. The maximum absolute atomic E-state index is 9.95. The first kappa shape index (κ1) is 14.4. The van der Waals surface area contributed by atoms with E-state index in [2.05, 4.69) is 59.1 Å². The molecule has 0 saturated carbocycles. The number of fused-ring (bicyclic) bond motifs is 2. The van der Waals surface area contributed by atoms with Gasteiger partial charge < -0.3 is 5.11 Å². The first-order valence-electron chi connectivity index (χ1n) is 7.86. The van der Waals surface area contributed by atoms with Crippen molar-refractivity contribution in [2.45, 2.75) is 0 Å². The quantitative estimate of drug-likeness (QED) is 0.566. The molecule has 2 aromatic heterocycles. The summed E-state index contributed by atoms with van der Waals surface area (Å²) in [6.45, 7) is 0. The van der Waals surface area contributed by atoms with Crippen LogP contribution in [-0.2, 0) is 7.05 Å². The maximum Gasteiger partial charge on any atom is 0.212 e. The Hall–Kier alpha value is -3.20. The maximum atomic E-state index is 9.95. The number of benzene rings is 2. The van der Waals surface area contributed by atoms with Crippen LogP contribution in [-0.4, -0.2) is 10.1 Å². The zero-order valence-corrected chi connectivity index (χ0v) is 13.3. The van der Waals surface area contributed by atoms with Gasteiger partial charge in [0.05, 0.1) is 0 Å². The monoisotopic (exact) mass is 313 g/mol. The molecule has 4 aromatic rings. The molecule has 0 unspecified atom stereocenters. The molecule has 0 spiro atoms. The Bertz CT molecular complexity index is 1080. The van der Waals surface area contributed by atoms with Crippen LogP contribution in [0.3, 0.4) is 0 Å². The summed E-state index contributed by atoms with van der Waals surface area (Å²) in [6.07, 6.45) is 5.84. The highest BCUT2D eigenvalue weighted by Gasteiger charge is 2.09. The predicted molar refractivity (Wildman–Crippen MR) is 97.5 cm³/mol. The van der Waals surface area contributed by atoms with E-state index < -0.39 is 0 Å². The Morgan fingerprint density at radius 2 is 1.79 bits per heavy atom. The molecule has 2 aromatic carbocycles. The van der Waals surface area contributed by atoms with E-state index in [-0.39, 0.29) is 5.75 Å². The Morgan fingerprint density at radius 1 is 0.917 bits per heavy atom. The Morgan fingerprint density at radius 3 is 2.71 bits per heavy atom. The van der Waals surface area contributed by atoms with Crippen molar-refractivity contribution in [2.75, 3.05) is 0 Å². The van der Waals surface area contributed by atoms with Gasteiger partial charge in [-0.2, -0.15) is 4.57 Å². The van der Waals surface area contributed by atoms with E-state index in [4.69, 9.17) is 0 Å². The Kier molecular flexibility index (Phi) is 3.47. The van der Waals surface area contributed by atoms with Crippen LogP contribution >= 0.6 is 0 Å². The van der Waals surface area contributed by atoms with Gasteiger partial charge in [0.25, 0.3) is 0 Å². The highest BCUT2D eigenvalue weighted by atomic mass is 16.3. The van der Waals surface area contributed by atoms with Gasteiger partial charge in [-0.05, 0) is 35.9 Å². The minimum Gasteiger partial charge on any atom is -0.506 e. The third kappa shape index (κ3) is 2.40. The molecule has 2 heterocycles. The van der Waals surface area contributed by atoms with Crippen LogP contribution in [0, 0.1) is 0 Å². The lowest BCUT2D eigenvalue weighted by Crippen LogP contribution is -2.32. The van der Waals surface area contributed by atoms with Gasteiger partial charge in [0.1, 0.15) is 18.3 Å². The highest BCUT2D eigenvalue weighted by molar-refractivity contribution is 5.93. The van der Waals surface area contributed by atoms with Gasteiger partial charge in [0, 0.05) is 35.2 Å². The second-order valence-corrected chi connectivity index (χ2v) is 5.78. The average Bonchev–Trinajstić information content (AvgIpc) is 2.63. The summed E-state index contributed by atoms with van der Waals surface area (Å²) in [5.74, 6) is 0.207. The fraction of sp³-hybridized carbons (Fsp3) is 0.0476. The normalized spacial score (nSPS) is 11.5. The molecule has 0 bridgehead atoms. The molecule has 116 valence electrons. The fourth-order valence-electron chi connectivity index (χ4n) is 3.03. The summed E-state index contributed by atoms with van der Waals surface area (Å²) in [6, 6.07) is 20.0. The summed E-state index contributed by atoms with van der Waals surface area (Å²) >= 11 is 0. The Labute approximate surface area is 140 Å². The first-order valence-corrected chi connectivity index (χ1v) is 7.86. The number of rotatable bonds is 2. The van der Waals surface area contributed by atoms with Crippen molar-refractivity contribution in [3.05, 3.63) is 78.1 Å². The summed E-state index contributed by atoms with van der Waals surface area (Å²) in [5, 5.41) is 12.1. The highest BCUT2D eigenvalue weighted by Crippen LogP contribution is 2.26. The molecule has 0 fully saturated rings. The summed E-state index contributed by atoms with van der Waals surface area (Å²) in [7, 11) is 2.07. The van der Waals surface area contributed by atoms with Gasteiger partial charge in [-0.25, -0.2) is 0 Å². The minimum absolute atomic E-state index is 0.207. The van der Waals surface area contributed by atoms with Gasteiger partial charge >= 0.3 is 0 Å². The molecule has 0 aliphatic rings. The number of pyridine rings is 2. The van der Waals surface area contributed by atoms with Gasteiger partial charge in [0.2, 0.25) is 11.2 Å². The molecular formula is C21H17N2O+. The first-order chi connectivity index (χ1) is 11.7. The largest absolute Gasteiger partial charge is 0.506 e. The SMILES string of the molecule is C[n+]1c(C=Cc2ccc(O)c3ncccc23)ccc2ccccc21. The number of aromatic hydroxyl groups is 1. The van der Waals surface area contributed by atoms with E-state index in [9.17, 15) is 5.11 Å². The molecule has 3 heteroatoms. The molecular weight excluding hydrogens is 296 g/mol. The predicted octanol–water partition coefficient (Wildman–Crippen LogP) is 4.09. The second kappa shape index (κ2) is 5.78. The van der Waals surface area contributed by atoms with E-state index in [0.717, 1.165) is 16.6 Å². The van der Waals surface area contributed by atoms with Crippen LogP contribution in [0.25, 0.3) is 34.0 Å². The summed E-state index contributed by atoms with van der Waals surface area (Å²) in [4.78, 5) is 4.27. The lowest BCUT2D eigenvalue weighted by molar-refractivity contribution is -0.646. The second-order valence-electron chi connectivity index (χ2n) is 5.78. The average molecular weight is 313 g/mol. The standard InChI is InChI=1S/C21H16N2O/c1-23-17(12-9-16-5-2-3-7-19(16)23)11-8-15-10-13-20(24)21-18(15)6-4-14-22-21/h2-14H,1H3/p+1. The van der Waals surface area contributed by atoms with Gasteiger partial charge in [-0.1, -0.05) is 24.3 Å². The fourth-order valence-corrected chi connectivity index (χ4v) is 3.03. The smallest absolute Gasteiger partial charge is 0.212 e. The van der Waals surface area contributed by atoms with Gasteiger partial charge in [-0.3, -0.25) is 4.98 Å². The van der Waals surface area contributed by atoms with Crippen LogP contribution in [0.2, 0.25) is 0 Å². The van der Waals surface area contributed by atoms with E-state index in [1.54, 1.807) is 12.3 Å². The zero-order valence-electron chi connectivity index (χ0n) is 13.3. The lowest BCUT2D eigenvalue weighted by Gasteiger charge is -2.04. The van der Waals surface area contributed by atoms with Crippen molar-refractivity contribution in [1.29, 1.82) is 0 Å². The summed E-state index contributed by atoms with van der Waals surface area (Å²) < 4.78 is 2.17. The van der Waals surface area contributed by atoms with Crippen molar-refractivity contribution < 1.29 is 9.67 Å². The van der Waals surface area contributed by atoms with Gasteiger partial charge in [0.15, 0.2) is 0 Å². The van der Waals surface area contributed by atoms with Crippen molar-refractivity contribution >= 4 is 34.0 Å². The number of nitrogens with zero attached hydrogens (tertiary/aromatic N) is 2.